The number of carbonyl (C=O) groups is 1. The first kappa shape index (κ1) is 14.8. The number of hydrogen-bond donors (Lipinski definition) is 3. The van der Waals surface area contributed by atoms with Gasteiger partial charge in [-0.15, -0.1) is 0 Å². The Balaban J connectivity index is 2.01. The second-order valence-corrected chi connectivity index (χ2v) is 6.31. The highest BCUT2D eigenvalue weighted by Crippen LogP contribution is 2.30. The Kier molecular flexibility index (Phi) is 4.48. The quantitative estimate of drug-likeness (QED) is 0.666. The molecule has 0 aromatic heterocycles. The highest BCUT2D eigenvalue weighted by molar-refractivity contribution is 5.76. The predicted octanol–water partition coefficient (Wildman–Crippen LogP) is 0.817. The van der Waals surface area contributed by atoms with Crippen molar-refractivity contribution in [1.29, 1.82) is 0 Å². The van der Waals surface area contributed by atoms with Crippen LogP contribution < -0.4 is 5.32 Å². The summed E-state index contributed by atoms with van der Waals surface area (Å²) in [5.41, 5.74) is -1.65. The molecule has 0 aromatic rings. The van der Waals surface area contributed by atoms with Crippen LogP contribution in [0.5, 0.6) is 0 Å². The SMILES string of the molecule is CCCN(CC(C)(O)C(=O)O)C1CC2CCC(C1)N2. The van der Waals surface area contributed by atoms with Crippen LogP contribution in [0.25, 0.3) is 0 Å². The van der Waals surface area contributed by atoms with Crippen molar-refractivity contribution in [2.75, 3.05) is 13.1 Å². The maximum atomic E-state index is 11.1. The third kappa shape index (κ3) is 3.46. The topological polar surface area (TPSA) is 72.8 Å². The Bertz CT molecular complexity index is 321. The Morgan fingerprint density at radius 1 is 1.37 bits per heavy atom. The Labute approximate surface area is 115 Å². The molecule has 2 heterocycles. The van der Waals surface area contributed by atoms with Gasteiger partial charge in [0.1, 0.15) is 0 Å². The zero-order valence-electron chi connectivity index (χ0n) is 11.9. The van der Waals surface area contributed by atoms with Crippen molar-refractivity contribution in [2.24, 2.45) is 0 Å². The Morgan fingerprint density at radius 3 is 2.42 bits per heavy atom. The van der Waals surface area contributed by atoms with Gasteiger partial charge in [0, 0.05) is 24.7 Å². The molecule has 5 nitrogen and oxygen atoms in total. The molecular weight excluding hydrogens is 244 g/mol. The van der Waals surface area contributed by atoms with Crippen LogP contribution >= 0.6 is 0 Å². The fourth-order valence-electron chi connectivity index (χ4n) is 3.47. The van der Waals surface area contributed by atoms with Crippen LogP contribution in [0.4, 0.5) is 0 Å². The van der Waals surface area contributed by atoms with Gasteiger partial charge in [-0.2, -0.15) is 0 Å². The molecule has 5 heteroatoms. The highest BCUT2D eigenvalue weighted by Gasteiger charge is 2.39. The first-order chi connectivity index (χ1) is 8.92. The van der Waals surface area contributed by atoms with Crippen molar-refractivity contribution in [2.45, 2.75) is 69.7 Å². The van der Waals surface area contributed by atoms with Gasteiger partial charge >= 0.3 is 5.97 Å². The van der Waals surface area contributed by atoms with Crippen molar-refractivity contribution < 1.29 is 15.0 Å². The monoisotopic (exact) mass is 270 g/mol. The molecule has 2 bridgehead atoms. The number of carboxylic acids is 1. The third-order valence-corrected chi connectivity index (χ3v) is 4.45. The van der Waals surface area contributed by atoms with E-state index in [1.165, 1.54) is 19.8 Å². The number of aliphatic hydroxyl groups is 1. The Morgan fingerprint density at radius 2 is 1.95 bits per heavy atom. The predicted molar refractivity (Wildman–Crippen MR) is 73.1 cm³/mol. The van der Waals surface area contributed by atoms with E-state index in [4.69, 9.17) is 5.11 Å². The van der Waals surface area contributed by atoms with Crippen LogP contribution in [0, 0.1) is 0 Å². The number of fused-ring (bicyclic) bond motifs is 2. The standard InChI is InChI=1S/C14H26N2O3/c1-3-6-16(9-14(2,19)13(17)18)12-7-10-4-5-11(8-12)15-10/h10-12,15,19H,3-9H2,1-2H3,(H,17,18). The fourth-order valence-corrected chi connectivity index (χ4v) is 3.47. The molecule has 0 amide bonds. The molecule has 0 spiro atoms. The molecule has 2 aliphatic heterocycles. The van der Waals surface area contributed by atoms with Crippen LogP contribution in [0.3, 0.4) is 0 Å². The minimum Gasteiger partial charge on any atom is -0.479 e. The number of nitrogens with zero attached hydrogens (tertiary/aromatic N) is 1. The molecule has 2 saturated heterocycles. The van der Waals surface area contributed by atoms with Crippen LogP contribution in [0.15, 0.2) is 0 Å². The second kappa shape index (κ2) is 5.77. The molecule has 0 aliphatic carbocycles. The molecular formula is C14H26N2O3. The van der Waals surface area contributed by atoms with Crippen LogP contribution in [-0.4, -0.2) is 57.9 Å². The first-order valence-corrected chi connectivity index (χ1v) is 7.38. The van der Waals surface area contributed by atoms with Crippen LogP contribution in [0.1, 0.15) is 46.0 Å². The van der Waals surface area contributed by atoms with Gasteiger partial charge in [0.25, 0.3) is 0 Å². The summed E-state index contributed by atoms with van der Waals surface area (Å²) in [7, 11) is 0. The number of carboxylic acid groups (broad SMARTS) is 1. The van der Waals surface area contributed by atoms with Crippen molar-refractivity contribution in [3.63, 3.8) is 0 Å². The van der Waals surface area contributed by atoms with E-state index in [1.807, 2.05) is 0 Å². The Hall–Kier alpha value is -0.650. The second-order valence-electron chi connectivity index (χ2n) is 6.31. The first-order valence-electron chi connectivity index (χ1n) is 7.38. The summed E-state index contributed by atoms with van der Waals surface area (Å²) in [6.07, 6.45) is 5.60. The summed E-state index contributed by atoms with van der Waals surface area (Å²) in [6, 6.07) is 1.57. The molecule has 2 rings (SSSR count). The van der Waals surface area contributed by atoms with Gasteiger partial charge in [0.2, 0.25) is 0 Å². The average Bonchev–Trinajstić information content (AvgIpc) is 2.67. The van der Waals surface area contributed by atoms with Gasteiger partial charge in [-0.05, 0) is 45.6 Å². The van der Waals surface area contributed by atoms with Gasteiger partial charge in [0.05, 0.1) is 0 Å². The van der Waals surface area contributed by atoms with Crippen molar-refractivity contribution in [1.82, 2.24) is 10.2 Å². The summed E-state index contributed by atoms with van der Waals surface area (Å²) in [5, 5.41) is 22.7. The van der Waals surface area contributed by atoms with E-state index in [2.05, 4.69) is 17.1 Å². The fraction of sp³-hybridized carbons (Fsp3) is 0.929. The molecule has 19 heavy (non-hydrogen) atoms. The number of rotatable bonds is 6. The van der Waals surface area contributed by atoms with Crippen molar-refractivity contribution in [3.05, 3.63) is 0 Å². The molecule has 0 saturated carbocycles. The molecule has 110 valence electrons. The molecule has 3 N–H and O–H groups in total. The summed E-state index contributed by atoms with van der Waals surface area (Å²) >= 11 is 0. The lowest BCUT2D eigenvalue weighted by Crippen LogP contribution is -2.54. The number of nitrogens with one attached hydrogen (secondary N) is 1. The maximum absolute atomic E-state index is 11.1. The third-order valence-electron chi connectivity index (χ3n) is 4.45. The van der Waals surface area contributed by atoms with Crippen molar-refractivity contribution in [3.8, 4) is 0 Å². The minimum absolute atomic E-state index is 0.223. The van der Waals surface area contributed by atoms with Gasteiger partial charge in [-0.25, -0.2) is 4.79 Å². The van der Waals surface area contributed by atoms with Gasteiger partial charge in [-0.3, -0.25) is 4.90 Å². The van der Waals surface area contributed by atoms with E-state index in [1.54, 1.807) is 0 Å². The molecule has 0 radical (unpaired) electrons. The number of hydrogen-bond acceptors (Lipinski definition) is 4. The zero-order chi connectivity index (χ0) is 14.0. The van der Waals surface area contributed by atoms with E-state index in [0.717, 1.165) is 25.8 Å². The van der Waals surface area contributed by atoms with E-state index in [9.17, 15) is 9.90 Å². The summed E-state index contributed by atoms with van der Waals surface area (Å²) in [4.78, 5) is 13.3. The van der Waals surface area contributed by atoms with Gasteiger partial charge in [0.15, 0.2) is 5.60 Å². The van der Waals surface area contributed by atoms with E-state index in [0.29, 0.717) is 18.1 Å². The van der Waals surface area contributed by atoms with Crippen LogP contribution in [-0.2, 0) is 4.79 Å². The lowest BCUT2D eigenvalue weighted by Gasteiger charge is -2.40. The smallest absolute Gasteiger partial charge is 0.336 e. The molecule has 0 aromatic carbocycles. The summed E-state index contributed by atoms with van der Waals surface area (Å²) in [6.45, 7) is 4.57. The lowest BCUT2D eigenvalue weighted by atomic mass is 9.96. The number of piperidine rings is 1. The molecule has 2 fully saturated rings. The van der Waals surface area contributed by atoms with Gasteiger partial charge < -0.3 is 15.5 Å². The van der Waals surface area contributed by atoms with Crippen molar-refractivity contribution >= 4 is 5.97 Å². The normalized spacial score (nSPS) is 33.4. The average molecular weight is 270 g/mol. The molecule has 3 unspecified atom stereocenters. The zero-order valence-corrected chi connectivity index (χ0v) is 11.9. The summed E-state index contributed by atoms with van der Waals surface area (Å²) < 4.78 is 0. The lowest BCUT2D eigenvalue weighted by molar-refractivity contribution is -0.159. The van der Waals surface area contributed by atoms with E-state index < -0.39 is 11.6 Å². The van der Waals surface area contributed by atoms with Gasteiger partial charge in [-0.1, -0.05) is 6.92 Å². The van der Waals surface area contributed by atoms with E-state index in [-0.39, 0.29) is 6.54 Å². The maximum Gasteiger partial charge on any atom is 0.336 e. The van der Waals surface area contributed by atoms with Crippen LogP contribution in [0.2, 0.25) is 0 Å². The molecule has 3 atom stereocenters. The summed E-state index contributed by atoms with van der Waals surface area (Å²) in [5.74, 6) is -1.13. The van der Waals surface area contributed by atoms with E-state index >= 15 is 0 Å². The minimum atomic E-state index is -1.65. The highest BCUT2D eigenvalue weighted by atomic mass is 16.4. The largest absolute Gasteiger partial charge is 0.479 e. The number of aliphatic carboxylic acids is 1. The molecule has 2 aliphatic rings.